The second kappa shape index (κ2) is 7.72. The van der Waals surface area contributed by atoms with E-state index in [1.165, 1.54) is 5.56 Å². The molecular formula is C12H13Fe-. The molecule has 0 fully saturated rings. The van der Waals surface area contributed by atoms with Crippen LogP contribution in [0.4, 0.5) is 0 Å². The molecule has 0 unspecified atom stereocenters. The summed E-state index contributed by atoms with van der Waals surface area (Å²) >= 11 is 0. The minimum Gasteiger partial charge on any atom is -0.214 e. The molecule has 0 bridgehead atoms. The summed E-state index contributed by atoms with van der Waals surface area (Å²) in [4.78, 5) is 0. The first-order valence-electron chi connectivity index (χ1n) is 4.08. The average Bonchev–Trinajstić information content (AvgIpc) is 2.62. The quantitative estimate of drug-likeness (QED) is 0.464. The van der Waals surface area contributed by atoms with E-state index >= 15 is 0 Å². The fourth-order valence-electron chi connectivity index (χ4n) is 0.855. The van der Waals surface area contributed by atoms with Gasteiger partial charge in [-0.1, -0.05) is 35.9 Å². The minimum atomic E-state index is 0. The molecule has 0 radical (unpaired) electrons. The van der Waals surface area contributed by atoms with Gasteiger partial charge < -0.3 is 0 Å². The number of benzene rings is 1. The predicted octanol–water partition coefficient (Wildman–Crippen LogP) is 3.40. The fraction of sp³-hybridized carbons (Fsp3) is 0.0833. The van der Waals surface area contributed by atoms with Crippen molar-refractivity contribution in [2.24, 2.45) is 0 Å². The van der Waals surface area contributed by atoms with Gasteiger partial charge in [0, 0.05) is 17.1 Å². The van der Waals surface area contributed by atoms with Crippen molar-refractivity contribution >= 4 is 0 Å². The van der Waals surface area contributed by atoms with Crippen LogP contribution in [-0.4, -0.2) is 0 Å². The van der Waals surface area contributed by atoms with E-state index in [4.69, 9.17) is 0 Å². The maximum atomic E-state index is 2.08. The number of hydrogen-bond donors (Lipinski definition) is 0. The van der Waals surface area contributed by atoms with Crippen LogP contribution >= 0.6 is 0 Å². The van der Waals surface area contributed by atoms with Crippen LogP contribution in [0.1, 0.15) is 5.56 Å². The molecule has 2 aromatic rings. The van der Waals surface area contributed by atoms with E-state index in [1.54, 1.807) is 0 Å². The maximum absolute atomic E-state index is 2.08. The second-order valence-electron chi connectivity index (χ2n) is 2.62. The molecule has 0 aromatic heterocycles. The summed E-state index contributed by atoms with van der Waals surface area (Å²) in [5.41, 5.74) is 1.32. The van der Waals surface area contributed by atoms with Crippen LogP contribution in [0.2, 0.25) is 0 Å². The average molecular weight is 213 g/mol. The van der Waals surface area contributed by atoms with Crippen LogP contribution in [0.25, 0.3) is 0 Å². The van der Waals surface area contributed by atoms with Gasteiger partial charge in [-0.05, 0) is 6.92 Å². The van der Waals surface area contributed by atoms with Crippen molar-refractivity contribution in [2.75, 3.05) is 0 Å². The molecule has 0 N–H and O–H groups in total. The molecule has 0 aliphatic rings. The minimum absolute atomic E-state index is 0. The molecule has 0 spiro atoms. The normalized spacial score (nSPS) is 7.77. The van der Waals surface area contributed by atoms with Crippen molar-refractivity contribution in [3.63, 3.8) is 0 Å². The van der Waals surface area contributed by atoms with E-state index in [9.17, 15) is 0 Å². The van der Waals surface area contributed by atoms with Gasteiger partial charge in [0.1, 0.15) is 0 Å². The molecule has 0 atom stereocenters. The van der Waals surface area contributed by atoms with Crippen LogP contribution < -0.4 is 0 Å². The van der Waals surface area contributed by atoms with Crippen LogP contribution in [-0.2, 0) is 17.1 Å². The summed E-state index contributed by atoms with van der Waals surface area (Å²) in [6.07, 6.45) is 0. The van der Waals surface area contributed by atoms with Crippen LogP contribution in [0.15, 0.2) is 60.7 Å². The van der Waals surface area contributed by atoms with Crippen molar-refractivity contribution in [1.82, 2.24) is 0 Å². The van der Waals surface area contributed by atoms with E-state index in [-0.39, 0.29) is 17.1 Å². The molecule has 2 rings (SSSR count). The molecule has 0 saturated heterocycles. The van der Waals surface area contributed by atoms with E-state index < -0.39 is 0 Å². The number of hydrogen-bond acceptors (Lipinski definition) is 0. The Morgan fingerprint density at radius 1 is 0.846 bits per heavy atom. The van der Waals surface area contributed by atoms with Gasteiger partial charge in [0.25, 0.3) is 0 Å². The van der Waals surface area contributed by atoms with Gasteiger partial charge in [-0.15, -0.1) is 0 Å². The molecule has 2 aromatic carbocycles. The van der Waals surface area contributed by atoms with E-state index in [1.807, 2.05) is 48.5 Å². The first kappa shape index (κ1) is 12.1. The molecule has 1 heteroatoms. The van der Waals surface area contributed by atoms with Crippen LogP contribution in [0.3, 0.4) is 0 Å². The summed E-state index contributed by atoms with van der Waals surface area (Å²) < 4.78 is 0. The predicted molar refractivity (Wildman–Crippen MR) is 53.2 cm³/mol. The van der Waals surface area contributed by atoms with Gasteiger partial charge in [-0.25, -0.2) is 12.1 Å². The molecule has 0 saturated carbocycles. The third kappa shape index (κ3) is 6.27. The first-order chi connectivity index (χ1) is 5.89. The Labute approximate surface area is 90.4 Å². The molecular weight excluding hydrogens is 200 g/mol. The van der Waals surface area contributed by atoms with Gasteiger partial charge in [0.05, 0.1) is 0 Å². The third-order valence-electron chi connectivity index (χ3n) is 1.50. The smallest absolute Gasteiger partial charge is 0 e. The zero-order valence-electron chi connectivity index (χ0n) is 7.63. The zero-order valence-corrected chi connectivity index (χ0v) is 8.73. The molecule has 70 valence electrons. The van der Waals surface area contributed by atoms with E-state index in [0.29, 0.717) is 0 Å². The summed E-state index contributed by atoms with van der Waals surface area (Å²) in [5.74, 6) is 0. The maximum Gasteiger partial charge on any atom is 0 e. The largest absolute Gasteiger partial charge is 0.214 e. The summed E-state index contributed by atoms with van der Waals surface area (Å²) in [6, 6.07) is 20.3. The zero-order chi connectivity index (χ0) is 8.65. The van der Waals surface area contributed by atoms with Crippen molar-refractivity contribution in [2.45, 2.75) is 6.92 Å². The second-order valence-corrected chi connectivity index (χ2v) is 2.62. The Hall–Kier alpha value is -0.911. The van der Waals surface area contributed by atoms with Crippen molar-refractivity contribution in [3.8, 4) is 0 Å². The summed E-state index contributed by atoms with van der Waals surface area (Å²) in [6.45, 7) is 2.08. The van der Waals surface area contributed by atoms with Crippen molar-refractivity contribution < 1.29 is 17.1 Å². The van der Waals surface area contributed by atoms with Gasteiger partial charge in [0.15, 0.2) is 0 Å². The van der Waals surface area contributed by atoms with Crippen LogP contribution in [0, 0.1) is 6.92 Å². The van der Waals surface area contributed by atoms with Gasteiger partial charge in [0.2, 0.25) is 0 Å². The standard InChI is InChI=1S/C7H8.C5H5.Fe/c1-7-5-3-2-4-6-7;1-2-4-5-3-1;/h2-6H,1H3;1-5H;/q;-1;. The Morgan fingerprint density at radius 3 is 1.62 bits per heavy atom. The van der Waals surface area contributed by atoms with E-state index in [2.05, 4.69) is 19.1 Å². The van der Waals surface area contributed by atoms with Gasteiger partial charge in [-0.3, -0.25) is 0 Å². The Morgan fingerprint density at radius 2 is 1.38 bits per heavy atom. The van der Waals surface area contributed by atoms with Crippen LogP contribution in [0.5, 0.6) is 0 Å². The van der Waals surface area contributed by atoms with Crippen molar-refractivity contribution in [1.29, 1.82) is 0 Å². The van der Waals surface area contributed by atoms with Crippen molar-refractivity contribution in [3.05, 3.63) is 66.2 Å². The molecule has 0 heterocycles. The molecule has 0 nitrogen and oxygen atoms in total. The topological polar surface area (TPSA) is 0 Å². The summed E-state index contributed by atoms with van der Waals surface area (Å²) in [5, 5.41) is 0. The third-order valence-corrected chi connectivity index (χ3v) is 1.50. The molecule has 0 aliphatic heterocycles. The Kier molecular flexibility index (Phi) is 7.18. The monoisotopic (exact) mass is 213 g/mol. The summed E-state index contributed by atoms with van der Waals surface area (Å²) in [7, 11) is 0. The molecule has 13 heavy (non-hydrogen) atoms. The Balaban J connectivity index is 0.000000215. The molecule has 0 amide bonds. The van der Waals surface area contributed by atoms with Gasteiger partial charge >= 0.3 is 0 Å². The van der Waals surface area contributed by atoms with Gasteiger partial charge in [-0.2, -0.15) is 18.2 Å². The van der Waals surface area contributed by atoms with E-state index in [0.717, 1.165) is 0 Å². The number of aryl methyl sites for hydroxylation is 1. The molecule has 0 aliphatic carbocycles. The number of rotatable bonds is 0. The first-order valence-corrected chi connectivity index (χ1v) is 4.08. The Bertz CT molecular complexity index is 254. The SMILES string of the molecule is Cc1ccccc1.[Fe].c1cc[cH-]c1. The fourth-order valence-corrected chi connectivity index (χ4v) is 0.855.